The van der Waals surface area contributed by atoms with E-state index in [0.29, 0.717) is 12.8 Å². The van der Waals surface area contributed by atoms with Crippen molar-refractivity contribution in [3.63, 3.8) is 0 Å². The van der Waals surface area contributed by atoms with E-state index in [9.17, 15) is 45.3 Å². The van der Waals surface area contributed by atoms with E-state index in [1.54, 1.807) is 0 Å². The first-order valence-electron chi connectivity index (χ1n) is 28.6. The minimum Gasteiger partial charge on any atom is -0.462 e. The maximum atomic E-state index is 13.0. The van der Waals surface area contributed by atoms with Crippen LogP contribution in [0.4, 0.5) is 0 Å². The summed E-state index contributed by atoms with van der Waals surface area (Å²) in [5.41, 5.74) is 0. The van der Waals surface area contributed by atoms with Gasteiger partial charge in [-0.25, -0.2) is 0 Å². The summed E-state index contributed by atoms with van der Waals surface area (Å²) in [6, 6.07) is 0. The fraction of sp³-hybridized carbons (Fsp3) is 0.860. The summed E-state index contributed by atoms with van der Waals surface area (Å²) in [5, 5.41) is 72.2. The first-order chi connectivity index (χ1) is 35.0. The highest BCUT2D eigenvalue weighted by atomic mass is 16.7. The lowest BCUT2D eigenvalue weighted by atomic mass is 9.98. The number of esters is 2. The van der Waals surface area contributed by atoms with Crippen LogP contribution in [0.3, 0.4) is 0 Å². The van der Waals surface area contributed by atoms with Crippen LogP contribution in [0.2, 0.25) is 0 Å². The second-order valence-corrected chi connectivity index (χ2v) is 20.1. The molecule has 0 aromatic rings. The largest absolute Gasteiger partial charge is 0.462 e. The molecule has 15 heteroatoms. The van der Waals surface area contributed by atoms with Crippen molar-refractivity contribution >= 4 is 11.9 Å². The quantitative estimate of drug-likeness (QED) is 0.0171. The van der Waals surface area contributed by atoms with Crippen molar-refractivity contribution in [3.05, 3.63) is 36.5 Å². The first-order valence-corrected chi connectivity index (χ1v) is 28.6. The molecule has 15 nitrogen and oxygen atoms in total. The second kappa shape index (κ2) is 43.9. The van der Waals surface area contributed by atoms with E-state index < -0.39 is 99.3 Å². The van der Waals surface area contributed by atoms with Crippen molar-refractivity contribution in [2.75, 3.05) is 26.4 Å². The van der Waals surface area contributed by atoms with E-state index in [-0.39, 0.29) is 19.4 Å². The molecule has 0 bridgehead atoms. The van der Waals surface area contributed by atoms with Gasteiger partial charge in [-0.2, -0.15) is 0 Å². The van der Waals surface area contributed by atoms with Crippen LogP contribution in [0.1, 0.15) is 219 Å². The standard InChI is InChI=1S/C57H102O15/c1-3-5-7-9-11-13-15-17-19-20-21-22-23-24-26-27-29-31-33-35-37-39-48(59)67-42-45(70-49(60)40-38-36-34-32-30-28-25-18-16-14-12-10-8-6-4-2)43-68-56-55(66)53(64)51(62)47(72-56)44-69-57-54(65)52(63)50(61)46(41-58)71-57/h17-19,25,30,32,45-47,50-58,61-66H,3-16,20-24,26-29,31,33-44H2,1-2H3/b19-17+,25-18+,32-30+/t45-,46+,47+,50-,51-,52?,53?,54?,55?,56+,57+/m0/s1. The van der Waals surface area contributed by atoms with Gasteiger partial charge in [-0.1, -0.05) is 172 Å². The average Bonchev–Trinajstić information content (AvgIpc) is 3.37. The molecule has 0 radical (unpaired) electrons. The van der Waals surface area contributed by atoms with Crippen LogP contribution >= 0.6 is 0 Å². The molecule has 2 heterocycles. The smallest absolute Gasteiger partial charge is 0.306 e. The summed E-state index contributed by atoms with van der Waals surface area (Å²) in [5.74, 6) is -0.958. The minimum atomic E-state index is -1.77. The number of unbranched alkanes of at least 4 members (excludes halogenated alkanes) is 25. The lowest BCUT2D eigenvalue weighted by Gasteiger charge is -2.42. The topological polar surface area (TPSA) is 231 Å². The van der Waals surface area contributed by atoms with Crippen LogP contribution in [-0.4, -0.2) is 142 Å². The number of hydrogen-bond donors (Lipinski definition) is 7. The van der Waals surface area contributed by atoms with E-state index >= 15 is 0 Å². The Balaban J connectivity index is 1.76. The predicted octanol–water partition coefficient (Wildman–Crippen LogP) is 9.27. The van der Waals surface area contributed by atoms with Gasteiger partial charge in [-0.05, 0) is 70.6 Å². The van der Waals surface area contributed by atoms with Gasteiger partial charge in [0.25, 0.3) is 0 Å². The molecule has 2 aliphatic rings. The predicted molar refractivity (Wildman–Crippen MR) is 280 cm³/mol. The van der Waals surface area contributed by atoms with Gasteiger partial charge in [0.1, 0.15) is 55.4 Å². The third-order valence-electron chi connectivity index (χ3n) is 13.6. The Kier molecular flexibility index (Phi) is 40.1. The van der Waals surface area contributed by atoms with E-state index in [0.717, 1.165) is 44.9 Å². The van der Waals surface area contributed by atoms with Crippen molar-refractivity contribution in [3.8, 4) is 0 Å². The number of rotatable bonds is 45. The Bertz CT molecular complexity index is 1390. The molecule has 7 N–H and O–H groups in total. The summed E-state index contributed by atoms with van der Waals surface area (Å²) < 4.78 is 33.6. The molecule has 2 aliphatic heterocycles. The van der Waals surface area contributed by atoms with Gasteiger partial charge in [0.2, 0.25) is 0 Å². The van der Waals surface area contributed by atoms with Crippen LogP contribution in [0.15, 0.2) is 36.5 Å². The maximum Gasteiger partial charge on any atom is 0.306 e. The monoisotopic (exact) mass is 1030 g/mol. The number of carbonyl (C=O) groups excluding carboxylic acids is 2. The van der Waals surface area contributed by atoms with Gasteiger partial charge in [0.05, 0.1) is 19.8 Å². The van der Waals surface area contributed by atoms with Gasteiger partial charge in [0, 0.05) is 12.8 Å². The summed E-state index contributed by atoms with van der Waals surface area (Å²) in [4.78, 5) is 25.8. The molecule has 72 heavy (non-hydrogen) atoms. The van der Waals surface area contributed by atoms with Crippen molar-refractivity contribution < 1.29 is 73.8 Å². The van der Waals surface area contributed by atoms with Gasteiger partial charge in [-0.15, -0.1) is 0 Å². The molecule has 420 valence electrons. The highest BCUT2D eigenvalue weighted by molar-refractivity contribution is 5.70. The molecule has 2 fully saturated rings. The Labute approximate surface area is 434 Å². The number of hydrogen-bond acceptors (Lipinski definition) is 15. The zero-order chi connectivity index (χ0) is 52.4. The van der Waals surface area contributed by atoms with Crippen molar-refractivity contribution in [1.29, 1.82) is 0 Å². The molecule has 2 rings (SSSR count). The molecule has 2 saturated heterocycles. The summed E-state index contributed by atoms with van der Waals surface area (Å²) in [6.07, 6.45) is 31.7. The van der Waals surface area contributed by atoms with E-state index in [4.69, 9.17) is 28.4 Å². The highest BCUT2D eigenvalue weighted by Crippen LogP contribution is 2.27. The highest BCUT2D eigenvalue weighted by Gasteiger charge is 2.47. The number of carbonyl (C=O) groups is 2. The first kappa shape index (κ1) is 65.8. The molecular weight excluding hydrogens is 925 g/mol. The molecule has 4 unspecified atom stereocenters. The van der Waals surface area contributed by atoms with Crippen LogP contribution < -0.4 is 0 Å². The lowest BCUT2D eigenvalue weighted by Crippen LogP contribution is -2.61. The molecule has 0 saturated carbocycles. The minimum absolute atomic E-state index is 0.124. The molecule has 11 atom stereocenters. The van der Waals surface area contributed by atoms with Crippen molar-refractivity contribution in [2.45, 2.75) is 287 Å². The van der Waals surface area contributed by atoms with Crippen LogP contribution in [0.5, 0.6) is 0 Å². The molecule has 0 aliphatic carbocycles. The summed E-state index contributed by atoms with van der Waals surface area (Å²) >= 11 is 0. The van der Waals surface area contributed by atoms with E-state index in [1.807, 2.05) is 0 Å². The Hall–Kier alpha value is -2.28. The number of aliphatic hydroxyl groups is 7. The molecular formula is C57H102O15. The van der Waals surface area contributed by atoms with Gasteiger partial charge in [-0.3, -0.25) is 9.59 Å². The number of aliphatic hydroxyl groups excluding tert-OH is 7. The fourth-order valence-electron chi connectivity index (χ4n) is 8.89. The zero-order valence-corrected chi connectivity index (χ0v) is 44.7. The van der Waals surface area contributed by atoms with Gasteiger partial charge >= 0.3 is 11.9 Å². The molecule has 0 aromatic carbocycles. The number of allylic oxidation sites excluding steroid dienone is 6. The van der Waals surface area contributed by atoms with Gasteiger partial charge < -0.3 is 64.2 Å². The third-order valence-corrected chi connectivity index (χ3v) is 13.6. The number of ether oxygens (including phenoxy) is 6. The van der Waals surface area contributed by atoms with Crippen LogP contribution in [0.25, 0.3) is 0 Å². The fourth-order valence-corrected chi connectivity index (χ4v) is 8.89. The normalized spacial score (nSPS) is 25.2. The summed E-state index contributed by atoms with van der Waals surface area (Å²) in [6.45, 7) is 2.57. The average molecular weight is 1030 g/mol. The Morgan fingerprint density at radius 3 is 1.33 bits per heavy atom. The second-order valence-electron chi connectivity index (χ2n) is 20.1. The van der Waals surface area contributed by atoms with Crippen LogP contribution in [-0.2, 0) is 38.0 Å². The third kappa shape index (κ3) is 30.9. The summed E-state index contributed by atoms with van der Waals surface area (Å²) in [7, 11) is 0. The molecule has 0 spiro atoms. The lowest BCUT2D eigenvalue weighted by molar-refractivity contribution is -0.332. The Morgan fingerprint density at radius 1 is 0.444 bits per heavy atom. The SMILES string of the molecule is CCCCCCCC/C=C/C/C=C/CCCCC(=O)O[C@@H](COC(=O)CCCCCCCCCCCCC/C=C/CCCCCCCC)CO[C@@H]1O[C@H](CO[C@@H]2O[C@H](CO)[C@H](O)C(O)C2O)[C@H](O)C(O)C1O. The molecule has 0 aromatic heterocycles. The van der Waals surface area contributed by atoms with Gasteiger partial charge in [0.15, 0.2) is 18.7 Å². The van der Waals surface area contributed by atoms with Crippen molar-refractivity contribution in [1.82, 2.24) is 0 Å². The zero-order valence-electron chi connectivity index (χ0n) is 44.7. The van der Waals surface area contributed by atoms with E-state index in [2.05, 4.69) is 50.3 Å². The van der Waals surface area contributed by atoms with Crippen molar-refractivity contribution in [2.24, 2.45) is 0 Å². The maximum absolute atomic E-state index is 13.0. The van der Waals surface area contributed by atoms with Crippen LogP contribution in [0, 0.1) is 0 Å². The Morgan fingerprint density at radius 2 is 0.833 bits per heavy atom. The van der Waals surface area contributed by atoms with E-state index in [1.165, 1.54) is 135 Å². The molecule has 0 amide bonds.